The molecule has 0 saturated carbocycles. The summed E-state index contributed by atoms with van der Waals surface area (Å²) in [4.78, 5) is 10.9. The molecule has 0 amide bonds. The van der Waals surface area contributed by atoms with Crippen LogP contribution >= 0.6 is 15.9 Å². The van der Waals surface area contributed by atoms with Crippen molar-refractivity contribution < 1.29 is 0 Å². The molecule has 6 heteroatoms. The highest BCUT2D eigenvalue weighted by atomic mass is 79.9. The lowest BCUT2D eigenvalue weighted by atomic mass is 10.1. The lowest BCUT2D eigenvalue weighted by Crippen LogP contribution is -2.22. The van der Waals surface area contributed by atoms with E-state index < -0.39 is 0 Å². The maximum absolute atomic E-state index is 4.26. The number of hydrogen-bond donors (Lipinski definition) is 2. The third kappa shape index (κ3) is 3.11. The fraction of sp³-hybridized carbons (Fsp3) is 0.667. The summed E-state index contributed by atoms with van der Waals surface area (Å²) >= 11 is 3.52. The van der Waals surface area contributed by atoms with E-state index in [1.165, 1.54) is 19.5 Å². The van der Waals surface area contributed by atoms with Gasteiger partial charge in [0.2, 0.25) is 0 Å². The zero-order valence-electron chi connectivity index (χ0n) is 10.9. The monoisotopic (exact) mass is 313 g/mol. The van der Waals surface area contributed by atoms with Gasteiger partial charge in [-0.25, -0.2) is 9.97 Å². The van der Waals surface area contributed by atoms with Crippen molar-refractivity contribution >= 4 is 27.6 Å². The fourth-order valence-electron chi connectivity index (χ4n) is 2.28. The van der Waals surface area contributed by atoms with Crippen molar-refractivity contribution in [1.82, 2.24) is 14.9 Å². The first-order valence-corrected chi connectivity index (χ1v) is 7.18. The third-order valence-electron chi connectivity index (χ3n) is 3.40. The average molecular weight is 314 g/mol. The van der Waals surface area contributed by atoms with Crippen LogP contribution in [0.2, 0.25) is 0 Å². The van der Waals surface area contributed by atoms with Crippen LogP contribution in [-0.4, -0.2) is 48.1 Å². The van der Waals surface area contributed by atoms with E-state index >= 15 is 0 Å². The largest absolute Gasteiger partial charge is 0.372 e. The van der Waals surface area contributed by atoms with E-state index in [9.17, 15) is 0 Å². The highest BCUT2D eigenvalue weighted by Gasteiger charge is 2.21. The van der Waals surface area contributed by atoms with Gasteiger partial charge in [0.1, 0.15) is 22.4 Å². The number of rotatable bonds is 5. The lowest BCUT2D eigenvalue weighted by molar-refractivity contribution is 0.345. The van der Waals surface area contributed by atoms with Crippen LogP contribution in [0, 0.1) is 5.92 Å². The van der Waals surface area contributed by atoms with Crippen LogP contribution in [-0.2, 0) is 0 Å². The minimum absolute atomic E-state index is 0.713. The molecule has 5 nitrogen and oxygen atoms in total. The van der Waals surface area contributed by atoms with Crippen LogP contribution in [0.25, 0.3) is 0 Å². The van der Waals surface area contributed by atoms with E-state index in [-0.39, 0.29) is 0 Å². The number of nitrogens with one attached hydrogen (secondary N) is 2. The Morgan fingerprint density at radius 2 is 2.22 bits per heavy atom. The van der Waals surface area contributed by atoms with E-state index in [0.29, 0.717) is 5.92 Å². The number of likely N-dealkylation sites (tertiary alicyclic amines) is 1. The molecule has 2 N–H and O–H groups in total. The Hall–Kier alpha value is -0.880. The highest BCUT2D eigenvalue weighted by Crippen LogP contribution is 2.26. The minimum Gasteiger partial charge on any atom is -0.372 e. The van der Waals surface area contributed by atoms with Crippen LogP contribution in [0.5, 0.6) is 0 Å². The van der Waals surface area contributed by atoms with Gasteiger partial charge in [0.15, 0.2) is 0 Å². The molecule has 2 rings (SSSR count). The molecule has 1 saturated heterocycles. The van der Waals surface area contributed by atoms with E-state index in [1.54, 1.807) is 6.33 Å². The summed E-state index contributed by atoms with van der Waals surface area (Å²) < 4.78 is 0.901. The van der Waals surface area contributed by atoms with Crippen molar-refractivity contribution in [1.29, 1.82) is 0 Å². The molecule has 1 fully saturated rings. The molecule has 1 aliphatic rings. The van der Waals surface area contributed by atoms with Gasteiger partial charge in [0.05, 0.1) is 0 Å². The number of aromatic nitrogens is 2. The van der Waals surface area contributed by atoms with Crippen LogP contribution in [0.3, 0.4) is 0 Å². The third-order valence-corrected chi connectivity index (χ3v) is 4.15. The predicted octanol–water partition coefficient (Wildman–Crippen LogP) is 2.03. The predicted molar refractivity (Wildman–Crippen MR) is 78.0 cm³/mol. The van der Waals surface area contributed by atoms with Gasteiger partial charge in [-0.15, -0.1) is 0 Å². The topological polar surface area (TPSA) is 53.1 Å². The first kappa shape index (κ1) is 13.5. The van der Waals surface area contributed by atoms with Crippen molar-refractivity contribution in [3.8, 4) is 0 Å². The van der Waals surface area contributed by atoms with Crippen molar-refractivity contribution in [2.75, 3.05) is 43.9 Å². The minimum atomic E-state index is 0.713. The van der Waals surface area contributed by atoms with Gasteiger partial charge >= 0.3 is 0 Å². The molecule has 0 bridgehead atoms. The Morgan fingerprint density at radius 3 is 2.89 bits per heavy atom. The molecule has 1 aliphatic heterocycles. The Labute approximate surface area is 117 Å². The first-order chi connectivity index (χ1) is 8.74. The smallest absolute Gasteiger partial charge is 0.145 e. The molecule has 1 unspecified atom stereocenters. The molecule has 2 heterocycles. The SMILES string of the molecule is CCN1CCC(CNc2ncnc(NC)c2Br)C1. The molecular formula is C12H20BrN5. The van der Waals surface area contributed by atoms with E-state index in [2.05, 4.69) is 48.4 Å². The fourth-order valence-corrected chi connectivity index (χ4v) is 2.82. The molecular weight excluding hydrogens is 294 g/mol. The molecule has 18 heavy (non-hydrogen) atoms. The summed E-state index contributed by atoms with van der Waals surface area (Å²) in [5, 5.41) is 6.44. The zero-order chi connectivity index (χ0) is 13.0. The van der Waals surface area contributed by atoms with Gasteiger partial charge in [-0.3, -0.25) is 0 Å². The van der Waals surface area contributed by atoms with E-state index in [4.69, 9.17) is 0 Å². The van der Waals surface area contributed by atoms with Crippen molar-refractivity contribution in [3.05, 3.63) is 10.8 Å². The molecule has 0 aromatic carbocycles. The average Bonchev–Trinajstić information content (AvgIpc) is 2.85. The number of hydrogen-bond acceptors (Lipinski definition) is 5. The van der Waals surface area contributed by atoms with Gasteiger partial charge < -0.3 is 15.5 Å². The Morgan fingerprint density at radius 1 is 1.44 bits per heavy atom. The summed E-state index contributed by atoms with van der Waals surface area (Å²) in [5.41, 5.74) is 0. The van der Waals surface area contributed by atoms with Crippen LogP contribution in [0.4, 0.5) is 11.6 Å². The molecule has 1 aromatic heterocycles. The van der Waals surface area contributed by atoms with Crippen LogP contribution in [0.15, 0.2) is 10.8 Å². The van der Waals surface area contributed by atoms with Crippen molar-refractivity contribution in [3.63, 3.8) is 0 Å². The maximum atomic E-state index is 4.26. The maximum Gasteiger partial charge on any atom is 0.145 e. The Balaban J connectivity index is 1.91. The van der Waals surface area contributed by atoms with Crippen LogP contribution in [0.1, 0.15) is 13.3 Å². The molecule has 1 aromatic rings. The van der Waals surface area contributed by atoms with Crippen molar-refractivity contribution in [2.45, 2.75) is 13.3 Å². The summed E-state index contributed by atoms with van der Waals surface area (Å²) in [6, 6.07) is 0. The van der Waals surface area contributed by atoms with E-state index in [1.807, 2.05) is 7.05 Å². The molecule has 0 spiro atoms. The Bertz CT molecular complexity index is 398. The highest BCUT2D eigenvalue weighted by molar-refractivity contribution is 9.10. The summed E-state index contributed by atoms with van der Waals surface area (Å²) in [7, 11) is 1.85. The second-order valence-corrected chi connectivity index (χ2v) is 5.36. The summed E-state index contributed by atoms with van der Waals surface area (Å²) in [6.45, 7) is 6.74. The lowest BCUT2D eigenvalue weighted by Gasteiger charge is -2.15. The van der Waals surface area contributed by atoms with E-state index in [0.717, 1.165) is 29.2 Å². The number of halogens is 1. The van der Waals surface area contributed by atoms with Crippen LogP contribution < -0.4 is 10.6 Å². The second-order valence-electron chi connectivity index (χ2n) is 4.56. The number of anilines is 2. The number of nitrogens with zero attached hydrogens (tertiary/aromatic N) is 3. The quantitative estimate of drug-likeness (QED) is 0.871. The summed E-state index contributed by atoms with van der Waals surface area (Å²) in [6.07, 6.45) is 2.84. The standard InChI is InChI=1S/C12H20BrN5/c1-3-18-5-4-9(7-18)6-15-12-10(13)11(14-2)16-8-17-12/h8-9H,3-7H2,1-2H3,(H2,14,15,16,17). The Kier molecular flexibility index (Phi) is 4.77. The van der Waals surface area contributed by atoms with Crippen molar-refractivity contribution in [2.24, 2.45) is 5.92 Å². The molecule has 1 atom stereocenters. The van der Waals surface area contributed by atoms with Gasteiger partial charge in [0.25, 0.3) is 0 Å². The van der Waals surface area contributed by atoms with Gasteiger partial charge in [-0.2, -0.15) is 0 Å². The molecule has 0 aliphatic carbocycles. The normalized spacial score (nSPS) is 20.1. The molecule has 0 radical (unpaired) electrons. The zero-order valence-corrected chi connectivity index (χ0v) is 12.5. The van der Waals surface area contributed by atoms with Gasteiger partial charge in [-0.05, 0) is 41.4 Å². The van der Waals surface area contributed by atoms with Gasteiger partial charge in [-0.1, -0.05) is 6.92 Å². The summed E-state index contributed by atoms with van der Waals surface area (Å²) in [5.74, 6) is 2.39. The van der Waals surface area contributed by atoms with Gasteiger partial charge in [0, 0.05) is 20.1 Å². The first-order valence-electron chi connectivity index (χ1n) is 6.39. The molecule has 100 valence electrons. The second kappa shape index (κ2) is 6.33.